The molecule has 0 amide bonds. The minimum atomic E-state index is -3.55. The van der Waals surface area contributed by atoms with Gasteiger partial charge in [-0.2, -0.15) is 0 Å². The predicted molar refractivity (Wildman–Crippen MR) is 145 cm³/mol. The van der Waals surface area contributed by atoms with Crippen molar-refractivity contribution in [2.24, 2.45) is 0 Å². The zero-order valence-electron chi connectivity index (χ0n) is 21.4. The van der Waals surface area contributed by atoms with E-state index in [1.807, 2.05) is 24.3 Å². The number of aromatic nitrogens is 4. The van der Waals surface area contributed by atoms with Crippen LogP contribution >= 0.6 is 0 Å². The number of nitrogens with two attached hydrogens (primary N) is 1. The molecule has 4 aromatic rings. The van der Waals surface area contributed by atoms with E-state index in [2.05, 4.69) is 25.5 Å². The maximum absolute atomic E-state index is 12.7. The zero-order chi connectivity index (χ0) is 27.4. The summed E-state index contributed by atoms with van der Waals surface area (Å²) < 4.78 is 36.7. The van der Waals surface area contributed by atoms with E-state index < -0.39 is 15.1 Å². The van der Waals surface area contributed by atoms with Crippen molar-refractivity contribution in [3.63, 3.8) is 0 Å². The number of hydrogen-bond acceptors (Lipinski definition) is 11. The van der Waals surface area contributed by atoms with Crippen LogP contribution in [0.2, 0.25) is 0 Å². The third-order valence-electron chi connectivity index (χ3n) is 6.70. The van der Waals surface area contributed by atoms with Gasteiger partial charge in [-0.15, -0.1) is 10.2 Å². The number of anilines is 1. The second kappa shape index (κ2) is 11.6. The third kappa shape index (κ3) is 5.98. The summed E-state index contributed by atoms with van der Waals surface area (Å²) in [5.74, 6) is 0.580. The van der Waals surface area contributed by atoms with Crippen LogP contribution < -0.4 is 11.1 Å². The van der Waals surface area contributed by atoms with E-state index in [1.165, 1.54) is 18.3 Å². The van der Waals surface area contributed by atoms with Gasteiger partial charge in [0, 0.05) is 36.9 Å². The summed E-state index contributed by atoms with van der Waals surface area (Å²) in [5, 5.41) is 20.2. The molecule has 1 saturated heterocycles. The van der Waals surface area contributed by atoms with E-state index in [-0.39, 0.29) is 35.3 Å². The van der Waals surface area contributed by atoms with Gasteiger partial charge in [0.05, 0.1) is 28.6 Å². The zero-order valence-corrected chi connectivity index (χ0v) is 22.3. The predicted octanol–water partition coefficient (Wildman–Crippen LogP) is 2.87. The lowest BCUT2D eigenvalue weighted by atomic mass is 10.1. The SMILES string of the molecule is CC(CCO)S(=O)(=O)c1ccc(-c2cnc(N)c(-c3nnc(-c4ccc(CN[C@@H]5CCOC5)cc4)o3)n2)cc1. The van der Waals surface area contributed by atoms with Crippen LogP contribution in [-0.2, 0) is 21.1 Å². The summed E-state index contributed by atoms with van der Waals surface area (Å²) in [4.78, 5) is 8.97. The van der Waals surface area contributed by atoms with Crippen LogP contribution in [0.4, 0.5) is 5.82 Å². The lowest BCUT2D eigenvalue weighted by Gasteiger charge is -2.12. The van der Waals surface area contributed by atoms with Gasteiger partial charge in [-0.1, -0.05) is 24.3 Å². The monoisotopic (exact) mass is 550 g/mol. The molecular formula is C27H30N6O5S. The van der Waals surface area contributed by atoms with Crippen molar-refractivity contribution in [3.8, 4) is 34.3 Å². The van der Waals surface area contributed by atoms with Gasteiger partial charge in [-0.05, 0) is 49.6 Å². The highest BCUT2D eigenvalue weighted by Gasteiger charge is 2.23. The van der Waals surface area contributed by atoms with Gasteiger partial charge < -0.3 is 25.3 Å². The van der Waals surface area contributed by atoms with E-state index >= 15 is 0 Å². The normalized spacial score (nSPS) is 16.4. The molecule has 2 atom stereocenters. The topological polar surface area (TPSA) is 166 Å². The first-order valence-electron chi connectivity index (χ1n) is 12.7. The van der Waals surface area contributed by atoms with E-state index in [4.69, 9.17) is 20.0 Å². The number of ether oxygens (including phenoxy) is 1. The average Bonchev–Trinajstić information content (AvgIpc) is 3.66. The Bertz CT molecular complexity index is 1520. The Kier molecular flexibility index (Phi) is 7.98. The number of sulfone groups is 1. The molecule has 1 aliphatic heterocycles. The van der Waals surface area contributed by atoms with Crippen molar-refractivity contribution in [2.75, 3.05) is 25.6 Å². The van der Waals surface area contributed by atoms with Gasteiger partial charge in [0.1, 0.15) is 0 Å². The minimum Gasteiger partial charge on any atom is -0.414 e. The highest BCUT2D eigenvalue weighted by atomic mass is 32.2. The molecule has 0 bridgehead atoms. The Morgan fingerprint density at radius 1 is 1.08 bits per heavy atom. The molecule has 1 aliphatic rings. The standard InChI is InChI=1S/C27H30N6O5S/c1-17(10-12-34)39(35,36)22-8-6-19(7-9-22)23-15-30-25(28)24(31-23)27-33-32-26(38-27)20-4-2-18(3-5-20)14-29-21-11-13-37-16-21/h2-9,15,17,21,29,34H,10-14,16H2,1H3,(H2,28,30)/t17?,21-/m1/s1. The van der Waals surface area contributed by atoms with Crippen molar-refractivity contribution < 1.29 is 22.7 Å². The van der Waals surface area contributed by atoms with Crippen LogP contribution in [0, 0.1) is 0 Å². The van der Waals surface area contributed by atoms with Crippen molar-refractivity contribution in [1.82, 2.24) is 25.5 Å². The van der Waals surface area contributed by atoms with E-state index in [1.54, 1.807) is 19.1 Å². The van der Waals surface area contributed by atoms with E-state index in [9.17, 15) is 8.42 Å². The molecule has 2 aromatic carbocycles. The molecule has 0 aliphatic carbocycles. The molecule has 4 N–H and O–H groups in total. The van der Waals surface area contributed by atoms with Gasteiger partial charge >= 0.3 is 0 Å². The van der Waals surface area contributed by atoms with Gasteiger partial charge in [0.15, 0.2) is 21.3 Å². The summed E-state index contributed by atoms with van der Waals surface area (Å²) >= 11 is 0. The number of aliphatic hydroxyl groups is 1. The molecule has 1 fully saturated rings. The summed E-state index contributed by atoms with van der Waals surface area (Å²) in [6.07, 6.45) is 2.69. The Balaban J connectivity index is 1.32. The Morgan fingerprint density at radius 2 is 1.79 bits per heavy atom. The quantitative estimate of drug-likeness (QED) is 0.266. The van der Waals surface area contributed by atoms with E-state index in [0.717, 1.165) is 37.3 Å². The summed E-state index contributed by atoms with van der Waals surface area (Å²) in [6, 6.07) is 14.6. The number of benzene rings is 2. The molecule has 0 spiro atoms. The van der Waals surface area contributed by atoms with Crippen molar-refractivity contribution in [3.05, 3.63) is 60.3 Å². The highest BCUT2D eigenvalue weighted by molar-refractivity contribution is 7.92. The van der Waals surface area contributed by atoms with E-state index in [0.29, 0.717) is 23.2 Å². The molecule has 0 saturated carbocycles. The molecule has 0 radical (unpaired) electrons. The smallest absolute Gasteiger partial charge is 0.270 e. The average molecular weight is 551 g/mol. The second-order valence-electron chi connectivity index (χ2n) is 9.43. The summed E-state index contributed by atoms with van der Waals surface area (Å²) in [6.45, 7) is 3.67. The second-order valence-corrected chi connectivity index (χ2v) is 11.8. The van der Waals surface area contributed by atoms with Crippen LogP contribution in [0.15, 0.2) is 64.0 Å². The molecule has 1 unspecified atom stereocenters. The first-order valence-corrected chi connectivity index (χ1v) is 14.2. The number of nitrogen functional groups attached to an aromatic ring is 1. The summed E-state index contributed by atoms with van der Waals surface area (Å²) in [5.41, 5.74) is 9.32. The van der Waals surface area contributed by atoms with Gasteiger partial charge in [-0.3, -0.25) is 0 Å². The van der Waals surface area contributed by atoms with Crippen molar-refractivity contribution in [2.45, 2.75) is 42.5 Å². The highest BCUT2D eigenvalue weighted by Crippen LogP contribution is 2.29. The number of hydrogen-bond donors (Lipinski definition) is 3. The van der Waals surface area contributed by atoms with Crippen LogP contribution in [-0.4, -0.2) is 64.8 Å². The first kappa shape index (κ1) is 26.9. The maximum atomic E-state index is 12.7. The third-order valence-corrected chi connectivity index (χ3v) is 8.92. The minimum absolute atomic E-state index is 0.126. The van der Waals surface area contributed by atoms with Crippen LogP contribution in [0.25, 0.3) is 34.3 Å². The molecule has 3 heterocycles. The number of nitrogens with one attached hydrogen (secondary N) is 1. The van der Waals surface area contributed by atoms with Crippen LogP contribution in [0.1, 0.15) is 25.3 Å². The number of aliphatic hydroxyl groups excluding tert-OH is 1. The molecular weight excluding hydrogens is 520 g/mol. The molecule has 204 valence electrons. The fourth-order valence-corrected chi connectivity index (χ4v) is 5.63. The number of rotatable bonds is 10. The molecule has 2 aromatic heterocycles. The lowest BCUT2D eigenvalue weighted by molar-refractivity contribution is 0.190. The Morgan fingerprint density at radius 3 is 2.49 bits per heavy atom. The molecule has 12 heteroatoms. The Labute approximate surface area is 226 Å². The van der Waals surface area contributed by atoms with Crippen molar-refractivity contribution >= 4 is 15.7 Å². The molecule has 39 heavy (non-hydrogen) atoms. The van der Waals surface area contributed by atoms with Gasteiger partial charge in [0.2, 0.25) is 5.89 Å². The largest absolute Gasteiger partial charge is 0.414 e. The van der Waals surface area contributed by atoms with Crippen LogP contribution in [0.3, 0.4) is 0 Å². The fraction of sp³-hybridized carbons (Fsp3) is 0.333. The molecule has 11 nitrogen and oxygen atoms in total. The number of nitrogens with zero attached hydrogens (tertiary/aromatic N) is 4. The maximum Gasteiger partial charge on any atom is 0.270 e. The van der Waals surface area contributed by atoms with Gasteiger partial charge in [-0.25, -0.2) is 18.4 Å². The Hall–Kier alpha value is -3.71. The van der Waals surface area contributed by atoms with Gasteiger partial charge in [0.25, 0.3) is 5.89 Å². The lowest BCUT2D eigenvalue weighted by Crippen LogP contribution is -2.28. The fourth-order valence-electron chi connectivity index (χ4n) is 4.24. The van der Waals surface area contributed by atoms with Crippen molar-refractivity contribution in [1.29, 1.82) is 0 Å². The molecule has 5 rings (SSSR count). The first-order chi connectivity index (χ1) is 18.8. The summed E-state index contributed by atoms with van der Waals surface area (Å²) in [7, 11) is -3.55. The van der Waals surface area contributed by atoms with Crippen LogP contribution in [0.5, 0.6) is 0 Å².